The molecule has 0 aliphatic carbocycles. The molecule has 2 unspecified atom stereocenters. The van der Waals surface area contributed by atoms with E-state index in [1.165, 1.54) is 0 Å². The predicted molar refractivity (Wildman–Crippen MR) is 150 cm³/mol. The third-order valence-corrected chi connectivity index (χ3v) is 6.67. The van der Waals surface area contributed by atoms with Crippen LogP contribution in [-0.4, -0.2) is 27.7 Å². The van der Waals surface area contributed by atoms with Crippen LogP contribution < -0.4 is 4.74 Å². The van der Waals surface area contributed by atoms with E-state index >= 15 is 0 Å². The fraction of sp³-hybridized carbons (Fsp3) is 0.152. The van der Waals surface area contributed by atoms with Crippen molar-refractivity contribution in [2.75, 3.05) is 0 Å². The van der Waals surface area contributed by atoms with Gasteiger partial charge >= 0.3 is 11.9 Å². The molecular weight excluding hydrogens is 490 g/mol. The van der Waals surface area contributed by atoms with Gasteiger partial charge in [0.2, 0.25) is 0 Å². The Hall–Kier alpha value is -4.84. The second-order valence-corrected chi connectivity index (χ2v) is 9.41. The van der Waals surface area contributed by atoms with Gasteiger partial charge in [-0.1, -0.05) is 97.1 Å². The van der Waals surface area contributed by atoms with E-state index < -0.39 is 24.1 Å². The SMILES string of the molecule is Cc1cc2c(OC(C(=O)O)C(=O)OC(Cc3ccccc3)c3ccccc3)cccc2n1Cc1ccccc1. The van der Waals surface area contributed by atoms with Gasteiger partial charge in [-0.05, 0) is 41.8 Å². The molecule has 0 amide bonds. The van der Waals surface area contributed by atoms with Crippen molar-refractivity contribution in [3.63, 3.8) is 0 Å². The zero-order valence-electron chi connectivity index (χ0n) is 21.6. The Labute approximate surface area is 227 Å². The van der Waals surface area contributed by atoms with Crippen LogP contribution in [0, 0.1) is 6.92 Å². The van der Waals surface area contributed by atoms with Crippen LogP contribution in [-0.2, 0) is 27.3 Å². The normalized spacial score (nSPS) is 12.5. The van der Waals surface area contributed by atoms with Gasteiger partial charge in [-0.15, -0.1) is 0 Å². The molecule has 0 spiro atoms. The maximum absolute atomic E-state index is 13.3. The molecule has 1 N–H and O–H groups in total. The molecular formula is C33H29NO5. The number of aryl methyl sites for hydroxylation is 1. The molecule has 0 saturated carbocycles. The van der Waals surface area contributed by atoms with Gasteiger partial charge in [0.05, 0.1) is 5.52 Å². The van der Waals surface area contributed by atoms with E-state index in [4.69, 9.17) is 9.47 Å². The summed E-state index contributed by atoms with van der Waals surface area (Å²) in [6.07, 6.45) is -2.09. The number of benzene rings is 4. The summed E-state index contributed by atoms with van der Waals surface area (Å²) >= 11 is 0. The second kappa shape index (κ2) is 11.7. The molecule has 0 aliphatic heterocycles. The molecule has 5 rings (SSSR count). The largest absolute Gasteiger partial charge is 0.478 e. The first-order valence-electron chi connectivity index (χ1n) is 12.8. The molecule has 0 saturated heterocycles. The molecule has 1 heterocycles. The highest BCUT2D eigenvalue weighted by Crippen LogP contribution is 2.31. The lowest BCUT2D eigenvalue weighted by Crippen LogP contribution is -2.38. The van der Waals surface area contributed by atoms with Crippen LogP contribution in [0.15, 0.2) is 115 Å². The Morgan fingerprint density at radius 1 is 0.795 bits per heavy atom. The van der Waals surface area contributed by atoms with Crippen molar-refractivity contribution in [1.29, 1.82) is 0 Å². The molecule has 5 aromatic rings. The highest BCUT2D eigenvalue weighted by Gasteiger charge is 2.33. The van der Waals surface area contributed by atoms with Crippen LogP contribution in [0.25, 0.3) is 10.9 Å². The lowest BCUT2D eigenvalue weighted by atomic mass is 10.0. The number of carboxylic acids is 1. The number of ether oxygens (including phenoxy) is 2. The van der Waals surface area contributed by atoms with Crippen molar-refractivity contribution in [1.82, 2.24) is 4.57 Å². The van der Waals surface area contributed by atoms with Crippen molar-refractivity contribution < 1.29 is 24.2 Å². The fourth-order valence-corrected chi connectivity index (χ4v) is 4.72. The van der Waals surface area contributed by atoms with Crippen LogP contribution in [0.3, 0.4) is 0 Å². The smallest absolute Gasteiger partial charge is 0.359 e. The summed E-state index contributed by atoms with van der Waals surface area (Å²) in [7, 11) is 0. The van der Waals surface area contributed by atoms with E-state index in [1.54, 1.807) is 12.1 Å². The topological polar surface area (TPSA) is 77.8 Å². The van der Waals surface area contributed by atoms with Gasteiger partial charge in [0, 0.05) is 24.0 Å². The van der Waals surface area contributed by atoms with Gasteiger partial charge in [-0.2, -0.15) is 0 Å². The van der Waals surface area contributed by atoms with Gasteiger partial charge in [0.25, 0.3) is 6.10 Å². The first-order chi connectivity index (χ1) is 19.0. The molecule has 0 aliphatic rings. The summed E-state index contributed by atoms with van der Waals surface area (Å²) in [5, 5.41) is 10.7. The predicted octanol–water partition coefficient (Wildman–Crippen LogP) is 6.36. The maximum Gasteiger partial charge on any atom is 0.359 e. The minimum Gasteiger partial charge on any atom is -0.478 e. The fourth-order valence-electron chi connectivity index (χ4n) is 4.72. The molecule has 6 heteroatoms. The summed E-state index contributed by atoms with van der Waals surface area (Å²) in [6.45, 7) is 2.64. The molecule has 4 aromatic carbocycles. The minimum atomic E-state index is -1.82. The number of rotatable bonds is 10. The third-order valence-electron chi connectivity index (χ3n) is 6.67. The first-order valence-corrected chi connectivity index (χ1v) is 12.8. The number of esters is 1. The highest BCUT2D eigenvalue weighted by atomic mass is 16.6. The molecule has 0 fully saturated rings. The number of carbonyl (C=O) groups is 2. The Morgan fingerprint density at radius 2 is 1.41 bits per heavy atom. The standard InChI is InChI=1S/C33H29NO5/c1-23-20-27-28(34(23)22-25-14-7-3-8-15-25)18-11-19-29(27)38-31(32(35)36)33(37)39-30(26-16-9-4-10-17-26)21-24-12-5-2-6-13-24/h2-20,30-31H,21-22H2,1H3,(H,35,36). The summed E-state index contributed by atoms with van der Waals surface area (Å²) in [6, 6.07) is 36.4. The molecule has 1 aromatic heterocycles. The number of nitrogens with zero attached hydrogens (tertiary/aromatic N) is 1. The van der Waals surface area contributed by atoms with E-state index in [-0.39, 0.29) is 0 Å². The quantitative estimate of drug-likeness (QED) is 0.172. The molecule has 0 radical (unpaired) electrons. The third kappa shape index (κ3) is 6.02. The van der Waals surface area contributed by atoms with Gasteiger partial charge in [-0.3, -0.25) is 0 Å². The van der Waals surface area contributed by atoms with Crippen molar-refractivity contribution >= 4 is 22.8 Å². The zero-order chi connectivity index (χ0) is 27.2. The van der Waals surface area contributed by atoms with Crippen LogP contribution in [0.4, 0.5) is 0 Å². The van der Waals surface area contributed by atoms with E-state index in [0.717, 1.165) is 33.3 Å². The minimum absolute atomic E-state index is 0.311. The summed E-state index contributed by atoms with van der Waals surface area (Å²) in [5.41, 5.74) is 4.76. The van der Waals surface area contributed by atoms with E-state index in [0.29, 0.717) is 18.7 Å². The second-order valence-electron chi connectivity index (χ2n) is 9.41. The van der Waals surface area contributed by atoms with Crippen molar-refractivity contribution in [3.8, 4) is 5.75 Å². The van der Waals surface area contributed by atoms with Crippen molar-refractivity contribution in [2.45, 2.75) is 32.1 Å². The molecule has 0 bridgehead atoms. The number of aromatic nitrogens is 1. The van der Waals surface area contributed by atoms with E-state index in [9.17, 15) is 14.7 Å². The Balaban J connectivity index is 1.41. The molecule has 2 atom stereocenters. The maximum atomic E-state index is 13.3. The van der Waals surface area contributed by atoms with Gasteiger partial charge in [-0.25, -0.2) is 9.59 Å². The van der Waals surface area contributed by atoms with Crippen molar-refractivity contribution in [2.24, 2.45) is 0 Å². The Kier molecular flexibility index (Phi) is 7.73. The Morgan fingerprint density at radius 3 is 2.05 bits per heavy atom. The zero-order valence-corrected chi connectivity index (χ0v) is 21.6. The van der Waals surface area contributed by atoms with Crippen LogP contribution in [0.1, 0.15) is 28.5 Å². The van der Waals surface area contributed by atoms with Gasteiger partial charge < -0.3 is 19.1 Å². The summed E-state index contributed by atoms with van der Waals surface area (Å²) in [4.78, 5) is 25.5. The molecule has 196 valence electrons. The van der Waals surface area contributed by atoms with E-state index in [2.05, 4.69) is 16.7 Å². The molecule has 39 heavy (non-hydrogen) atoms. The average Bonchev–Trinajstić information content (AvgIpc) is 3.28. The van der Waals surface area contributed by atoms with Crippen LogP contribution in [0.5, 0.6) is 5.75 Å². The number of carbonyl (C=O) groups excluding carboxylic acids is 1. The molecule has 6 nitrogen and oxygen atoms in total. The van der Waals surface area contributed by atoms with Crippen molar-refractivity contribution in [3.05, 3.63) is 138 Å². The number of hydrogen-bond acceptors (Lipinski definition) is 4. The van der Waals surface area contributed by atoms with Crippen LogP contribution >= 0.6 is 0 Å². The Bertz CT molecular complexity index is 1560. The van der Waals surface area contributed by atoms with Crippen LogP contribution in [0.2, 0.25) is 0 Å². The number of carboxylic acid groups (broad SMARTS) is 1. The number of hydrogen-bond donors (Lipinski definition) is 1. The monoisotopic (exact) mass is 519 g/mol. The lowest BCUT2D eigenvalue weighted by molar-refractivity contribution is -0.167. The summed E-state index contributed by atoms with van der Waals surface area (Å²) < 4.78 is 13.8. The summed E-state index contributed by atoms with van der Waals surface area (Å²) in [5.74, 6) is -2.06. The average molecular weight is 520 g/mol. The van der Waals surface area contributed by atoms with Gasteiger partial charge in [0.15, 0.2) is 0 Å². The first kappa shape index (κ1) is 25.8. The van der Waals surface area contributed by atoms with Gasteiger partial charge in [0.1, 0.15) is 11.9 Å². The number of aliphatic carboxylic acids is 1. The van der Waals surface area contributed by atoms with E-state index in [1.807, 2.05) is 97.9 Å². The lowest BCUT2D eigenvalue weighted by Gasteiger charge is -2.22. The number of fused-ring (bicyclic) bond motifs is 1. The highest BCUT2D eigenvalue weighted by molar-refractivity contribution is 5.98.